The molecule has 0 fully saturated rings. The summed E-state index contributed by atoms with van der Waals surface area (Å²) in [6, 6.07) is 0. The SMILES string of the molecule is CO.O=S([O-])O. The summed E-state index contributed by atoms with van der Waals surface area (Å²) >= 11 is -2.86. The lowest BCUT2D eigenvalue weighted by Gasteiger charge is -1.83. The van der Waals surface area contributed by atoms with Crippen molar-refractivity contribution in [3.63, 3.8) is 0 Å². The Hall–Kier alpha value is 0.0300. The summed E-state index contributed by atoms with van der Waals surface area (Å²) in [5, 5.41) is 7.00. The maximum Gasteiger partial charge on any atom is 0.0814 e. The van der Waals surface area contributed by atoms with Crippen LogP contribution in [-0.4, -0.2) is 25.5 Å². The van der Waals surface area contributed by atoms with Crippen molar-refractivity contribution in [2.24, 2.45) is 0 Å². The van der Waals surface area contributed by atoms with Crippen LogP contribution in [0.15, 0.2) is 0 Å². The lowest BCUT2D eigenvalue weighted by atomic mass is 11.8. The van der Waals surface area contributed by atoms with E-state index in [4.69, 9.17) is 18.4 Å². The maximum atomic E-state index is 8.56. The molecule has 0 aromatic rings. The molecule has 0 saturated heterocycles. The van der Waals surface area contributed by atoms with Crippen LogP contribution in [0.4, 0.5) is 0 Å². The molecule has 0 saturated carbocycles. The van der Waals surface area contributed by atoms with Gasteiger partial charge in [0.1, 0.15) is 0 Å². The van der Waals surface area contributed by atoms with E-state index >= 15 is 0 Å². The molecule has 4 nitrogen and oxygen atoms in total. The molecule has 0 aliphatic heterocycles. The average molecular weight is 113 g/mol. The lowest BCUT2D eigenvalue weighted by molar-refractivity contribution is 0.399. The normalized spacial score (nSPS) is 11.3. The zero-order chi connectivity index (χ0) is 5.58. The van der Waals surface area contributed by atoms with Gasteiger partial charge in [-0.15, -0.1) is 0 Å². The monoisotopic (exact) mass is 113 g/mol. The second kappa shape index (κ2) is 8.90. The van der Waals surface area contributed by atoms with E-state index in [1.165, 1.54) is 0 Å². The Morgan fingerprint density at radius 2 is 1.67 bits per heavy atom. The van der Waals surface area contributed by atoms with Crippen molar-refractivity contribution in [3.8, 4) is 0 Å². The molecule has 0 rings (SSSR count). The number of rotatable bonds is 0. The minimum atomic E-state index is -2.86. The first kappa shape index (κ1) is 9.39. The molecule has 5 heteroatoms. The zero-order valence-electron chi connectivity index (χ0n) is 3.12. The molecule has 0 aliphatic carbocycles. The van der Waals surface area contributed by atoms with Gasteiger partial charge in [0, 0.05) is 7.11 Å². The third kappa shape index (κ3) is 41100. The van der Waals surface area contributed by atoms with Crippen LogP contribution in [0.25, 0.3) is 0 Å². The lowest BCUT2D eigenvalue weighted by Crippen LogP contribution is -1.75. The van der Waals surface area contributed by atoms with Crippen molar-refractivity contribution < 1.29 is 18.4 Å². The van der Waals surface area contributed by atoms with Crippen LogP contribution >= 0.6 is 0 Å². The van der Waals surface area contributed by atoms with E-state index in [2.05, 4.69) is 0 Å². The van der Waals surface area contributed by atoms with Crippen molar-refractivity contribution in [2.45, 2.75) is 0 Å². The second-order valence-corrected chi connectivity index (χ2v) is 0.651. The predicted octanol–water partition coefficient (Wildman–Crippen LogP) is -1.05. The molecule has 0 spiro atoms. The third-order valence-corrected chi connectivity index (χ3v) is 0. The number of hydrogen-bond donors (Lipinski definition) is 2. The van der Waals surface area contributed by atoms with Crippen LogP contribution in [0.5, 0.6) is 0 Å². The summed E-state index contributed by atoms with van der Waals surface area (Å²) in [5.41, 5.74) is 0. The van der Waals surface area contributed by atoms with Crippen molar-refractivity contribution in [2.75, 3.05) is 7.11 Å². The highest BCUT2D eigenvalue weighted by molar-refractivity contribution is 7.73. The van der Waals surface area contributed by atoms with Gasteiger partial charge in [-0.1, -0.05) is 0 Å². The fourth-order valence-electron chi connectivity index (χ4n) is 0. The molecular weight excluding hydrogens is 108 g/mol. The van der Waals surface area contributed by atoms with Crippen LogP contribution in [0.2, 0.25) is 0 Å². The summed E-state index contributed by atoms with van der Waals surface area (Å²) in [7, 11) is 1.00. The quantitative estimate of drug-likeness (QED) is 0.393. The predicted molar refractivity (Wildman–Crippen MR) is 19.7 cm³/mol. The first-order valence-corrected chi connectivity index (χ1v) is 1.99. The van der Waals surface area contributed by atoms with Crippen LogP contribution in [-0.2, 0) is 11.4 Å². The Bertz CT molecular complexity index is 30.5. The summed E-state index contributed by atoms with van der Waals surface area (Å²) in [4.78, 5) is 0. The Morgan fingerprint density at radius 1 is 1.67 bits per heavy atom. The molecule has 0 amide bonds. The minimum Gasteiger partial charge on any atom is -0.750 e. The Morgan fingerprint density at radius 3 is 1.67 bits per heavy atom. The maximum absolute atomic E-state index is 8.56. The summed E-state index contributed by atoms with van der Waals surface area (Å²) in [6.07, 6.45) is 0. The smallest absolute Gasteiger partial charge is 0.0814 e. The number of aliphatic hydroxyl groups excluding tert-OH is 1. The molecule has 1 unspecified atom stereocenters. The number of hydrogen-bond acceptors (Lipinski definition) is 3. The van der Waals surface area contributed by atoms with Gasteiger partial charge >= 0.3 is 0 Å². The molecule has 6 heavy (non-hydrogen) atoms. The average Bonchev–Trinajstić information content (AvgIpc) is 1.41. The fraction of sp³-hybridized carbons (Fsp3) is 1.00. The van der Waals surface area contributed by atoms with Crippen molar-refractivity contribution in [1.29, 1.82) is 0 Å². The molecule has 2 N–H and O–H groups in total. The zero-order valence-corrected chi connectivity index (χ0v) is 3.94. The molecule has 0 aromatic carbocycles. The molecular formula is CH5O4S-. The largest absolute Gasteiger partial charge is 0.750 e. The van der Waals surface area contributed by atoms with E-state index in [1.807, 2.05) is 0 Å². The highest BCUT2D eigenvalue weighted by Crippen LogP contribution is 1.43. The van der Waals surface area contributed by atoms with Gasteiger partial charge in [-0.3, -0.25) is 0 Å². The van der Waals surface area contributed by atoms with Crippen LogP contribution in [0, 0.1) is 0 Å². The van der Waals surface area contributed by atoms with E-state index in [1.54, 1.807) is 0 Å². The minimum absolute atomic E-state index is 1.00. The summed E-state index contributed by atoms with van der Waals surface area (Å²) in [6.45, 7) is 0. The first-order chi connectivity index (χ1) is 2.73. The Labute approximate surface area is 37.9 Å². The summed E-state index contributed by atoms with van der Waals surface area (Å²) in [5.74, 6) is 0. The topological polar surface area (TPSA) is 80.6 Å². The molecule has 40 valence electrons. The van der Waals surface area contributed by atoms with Gasteiger partial charge in [0.2, 0.25) is 0 Å². The van der Waals surface area contributed by atoms with Crippen molar-refractivity contribution in [1.82, 2.24) is 0 Å². The van der Waals surface area contributed by atoms with E-state index < -0.39 is 11.4 Å². The van der Waals surface area contributed by atoms with Crippen LogP contribution < -0.4 is 0 Å². The first-order valence-electron chi connectivity index (χ1n) is 0.963. The highest BCUT2D eigenvalue weighted by Gasteiger charge is 1.42. The fourth-order valence-corrected chi connectivity index (χ4v) is 0. The van der Waals surface area contributed by atoms with Crippen LogP contribution in [0.1, 0.15) is 0 Å². The van der Waals surface area contributed by atoms with Gasteiger partial charge in [0.05, 0.1) is 11.4 Å². The summed E-state index contributed by atoms with van der Waals surface area (Å²) < 4.78 is 24.1. The molecule has 1 atom stereocenters. The van der Waals surface area contributed by atoms with E-state index in [-0.39, 0.29) is 0 Å². The van der Waals surface area contributed by atoms with Crippen molar-refractivity contribution in [3.05, 3.63) is 0 Å². The molecule has 0 aliphatic rings. The number of aliphatic hydroxyl groups is 1. The highest BCUT2D eigenvalue weighted by atomic mass is 32.2. The molecule has 0 bridgehead atoms. The molecule has 0 radical (unpaired) electrons. The van der Waals surface area contributed by atoms with E-state index in [0.29, 0.717) is 0 Å². The third-order valence-electron chi connectivity index (χ3n) is 0. The Kier molecular flexibility index (Phi) is 13.9. The van der Waals surface area contributed by atoms with Gasteiger partial charge in [0.15, 0.2) is 0 Å². The molecule has 0 heterocycles. The standard InChI is InChI=1S/CH4O.H2O3S/c1-2;1-4(2)3/h2H,1H3;(H2,1,2,3)/p-1. The van der Waals surface area contributed by atoms with Gasteiger partial charge in [-0.2, -0.15) is 0 Å². The van der Waals surface area contributed by atoms with Gasteiger partial charge < -0.3 is 14.2 Å². The van der Waals surface area contributed by atoms with Gasteiger partial charge in [0.25, 0.3) is 0 Å². The van der Waals surface area contributed by atoms with E-state index in [9.17, 15) is 0 Å². The van der Waals surface area contributed by atoms with Crippen LogP contribution in [0.3, 0.4) is 0 Å². The molecule has 0 aromatic heterocycles. The van der Waals surface area contributed by atoms with Gasteiger partial charge in [-0.05, 0) is 0 Å². The second-order valence-electron chi connectivity index (χ2n) is 0.217. The van der Waals surface area contributed by atoms with Gasteiger partial charge in [-0.25, -0.2) is 4.21 Å². The Balaban J connectivity index is 0. The van der Waals surface area contributed by atoms with Crippen molar-refractivity contribution >= 4 is 11.4 Å². The van der Waals surface area contributed by atoms with E-state index in [0.717, 1.165) is 7.11 Å².